The Morgan fingerprint density at radius 2 is 2.05 bits per heavy atom. The summed E-state index contributed by atoms with van der Waals surface area (Å²) in [5.74, 6) is 1.64. The van der Waals surface area contributed by atoms with Crippen LogP contribution in [0.1, 0.15) is 46.0 Å². The molecule has 1 saturated heterocycles. The van der Waals surface area contributed by atoms with Crippen LogP contribution < -0.4 is 5.32 Å². The standard InChI is InChI=1S/C14H24N2O2S/c1-3-11(9-19)8-16-12(17)14(15-13(16)18)6-4-10(2)5-7-14/h10-11,19H,3-9H2,1-2H3,(H,15,18). The minimum absolute atomic E-state index is 0.00960. The molecular weight excluding hydrogens is 260 g/mol. The van der Waals surface area contributed by atoms with Gasteiger partial charge in [0.1, 0.15) is 5.54 Å². The van der Waals surface area contributed by atoms with Crippen molar-refractivity contribution in [2.24, 2.45) is 11.8 Å². The van der Waals surface area contributed by atoms with Crippen LogP contribution in [0.4, 0.5) is 4.79 Å². The van der Waals surface area contributed by atoms with Crippen molar-refractivity contribution < 1.29 is 9.59 Å². The summed E-state index contributed by atoms with van der Waals surface area (Å²) in [6.07, 6.45) is 4.54. The SMILES string of the molecule is CCC(CS)CN1C(=O)NC2(CCC(C)CC2)C1=O. The lowest BCUT2D eigenvalue weighted by atomic mass is 9.77. The normalized spacial score (nSPS) is 32.8. The van der Waals surface area contributed by atoms with Crippen LogP contribution in [0.2, 0.25) is 0 Å². The minimum Gasteiger partial charge on any atom is -0.323 e. The lowest BCUT2D eigenvalue weighted by Gasteiger charge is -2.33. The van der Waals surface area contributed by atoms with Crippen LogP contribution >= 0.6 is 12.6 Å². The lowest BCUT2D eigenvalue weighted by Crippen LogP contribution is -2.49. The summed E-state index contributed by atoms with van der Waals surface area (Å²) in [6, 6.07) is -0.209. The van der Waals surface area contributed by atoms with Crippen LogP contribution in [-0.4, -0.2) is 34.7 Å². The van der Waals surface area contributed by atoms with E-state index < -0.39 is 5.54 Å². The molecule has 1 aliphatic carbocycles. The second kappa shape index (κ2) is 5.73. The number of hydrogen-bond acceptors (Lipinski definition) is 3. The molecule has 3 amide bonds. The number of imide groups is 1. The van der Waals surface area contributed by atoms with Crippen LogP contribution in [0.3, 0.4) is 0 Å². The van der Waals surface area contributed by atoms with Gasteiger partial charge in [0.05, 0.1) is 0 Å². The van der Waals surface area contributed by atoms with Crippen LogP contribution in [0, 0.1) is 11.8 Å². The molecule has 1 saturated carbocycles. The topological polar surface area (TPSA) is 49.4 Å². The maximum atomic E-state index is 12.6. The zero-order chi connectivity index (χ0) is 14.0. The molecule has 1 unspecified atom stereocenters. The Balaban J connectivity index is 2.08. The fourth-order valence-electron chi connectivity index (χ4n) is 3.01. The molecule has 5 heteroatoms. The molecule has 108 valence electrons. The number of thiol groups is 1. The summed E-state index contributed by atoms with van der Waals surface area (Å²) in [6.45, 7) is 4.78. The smallest absolute Gasteiger partial charge is 0.323 e. The van der Waals surface area contributed by atoms with Gasteiger partial charge in [-0.2, -0.15) is 12.6 Å². The van der Waals surface area contributed by atoms with Crippen molar-refractivity contribution in [1.82, 2.24) is 10.2 Å². The van der Waals surface area contributed by atoms with E-state index in [0.29, 0.717) is 18.2 Å². The quantitative estimate of drug-likeness (QED) is 0.615. The van der Waals surface area contributed by atoms with Gasteiger partial charge < -0.3 is 5.32 Å². The van der Waals surface area contributed by atoms with Gasteiger partial charge >= 0.3 is 6.03 Å². The van der Waals surface area contributed by atoms with Gasteiger partial charge in [-0.05, 0) is 43.3 Å². The van der Waals surface area contributed by atoms with E-state index in [1.54, 1.807) is 0 Å². The van der Waals surface area contributed by atoms with Gasteiger partial charge in [-0.3, -0.25) is 9.69 Å². The molecule has 2 rings (SSSR count). The van der Waals surface area contributed by atoms with Crippen molar-refractivity contribution >= 4 is 24.6 Å². The molecule has 19 heavy (non-hydrogen) atoms. The third-order valence-electron chi connectivity index (χ3n) is 4.65. The van der Waals surface area contributed by atoms with E-state index in [1.165, 1.54) is 4.90 Å². The number of hydrogen-bond donors (Lipinski definition) is 2. The van der Waals surface area contributed by atoms with E-state index in [1.807, 2.05) is 0 Å². The highest BCUT2D eigenvalue weighted by atomic mass is 32.1. The summed E-state index contributed by atoms with van der Waals surface area (Å²) in [5.41, 5.74) is -0.599. The Bertz CT molecular complexity index is 360. The van der Waals surface area contributed by atoms with Gasteiger partial charge in [0.25, 0.3) is 5.91 Å². The minimum atomic E-state index is -0.599. The molecule has 2 aliphatic rings. The molecule has 0 aromatic heterocycles. The van der Waals surface area contributed by atoms with Crippen LogP contribution in [-0.2, 0) is 4.79 Å². The van der Waals surface area contributed by atoms with Gasteiger partial charge in [0, 0.05) is 6.54 Å². The largest absolute Gasteiger partial charge is 0.325 e. The second-order valence-electron chi connectivity index (χ2n) is 6.07. The van der Waals surface area contributed by atoms with Crippen molar-refractivity contribution in [1.29, 1.82) is 0 Å². The number of carbonyl (C=O) groups excluding carboxylic acids is 2. The van der Waals surface area contributed by atoms with E-state index in [4.69, 9.17) is 0 Å². The van der Waals surface area contributed by atoms with Gasteiger partial charge in [-0.15, -0.1) is 0 Å². The number of urea groups is 1. The second-order valence-corrected chi connectivity index (χ2v) is 6.43. The van der Waals surface area contributed by atoms with Crippen molar-refractivity contribution in [3.05, 3.63) is 0 Å². The van der Waals surface area contributed by atoms with E-state index >= 15 is 0 Å². The first-order chi connectivity index (χ1) is 9.02. The zero-order valence-electron chi connectivity index (χ0n) is 11.8. The third kappa shape index (κ3) is 2.76. The van der Waals surface area contributed by atoms with Crippen LogP contribution in [0.25, 0.3) is 0 Å². The Morgan fingerprint density at radius 3 is 2.58 bits per heavy atom. The van der Waals surface area contributed by atoms with E-state index in [9.17, 15) is 9.59 Å². The van der Waals surface area contributed by atoms with Crippen molar-refractivity contribution in [3.63, 3.8) is 0 Å². The fourth-order valence-corrected chi connectivity index (χ4v) is 3.38. The predicted molar refractivity (Wildman–Crippen MR) is 78.2 cm³/mol. The molecule has 0 radical (unpaired) electrons. The molecule has 1 spiro atoms. The summed E-state index contributed by atoms with van der Waals surface area (Å²) in [5, 5.41) is 2.96. The van der Waals surface area contributed by atoms with Crippen molar-refractivity contribution in [2.75, 3.05) is 12.3 Å². The maximum Gasteiger partial charge on any atom is 0.325 e. The van der Waals surface area contributed by atoms with Crippen molar-refractivity contribution in [2.45, 2.75) is 51.5 Å². The summed E-state index contributed by atoms with van der Waals surface area (Å²) in [7, 11) is 0. The molecule has 2 fully saturated rings. The first-order valence-corrected chi connectivity index (χ1v) is 7.90. The molecule has 0 aromatic rings. The molecule has 1 atom stereocenters. The fraction of sp³-hybridized carbons (Fsp3) is 0.857. The Morgan fingerprint density at radius 1 is 1.42 bits per heavy atom. The van der Waals surface area contributed by atoms with E-state index in [2.05, 4.69) is 31.8 Å². The van der Waals surface area contributed by atoms with E-state index in [0.717, 1.165) is 32.1 Å². The lowest BCUT2D eigenvalue weighted by molar-refractivity contribution is -0.133. The van der Waals surface area contributed by atoms with Crippen LogP contribution in [0.15, 0.2) is 0 Å². The average Bonchev–Trinajstić information content (AvgIpc) is 2.63. The predicted octanol–water partition coefficient (Wildman–Crippen LogP) is 2.44. The summed E-state index contributed by atoms with van der Waals surface area (Å²) in [4.78, 5) is 26.1. The zero-order valence-corrected chi connectivity index (χ0v) is 12.7. The highest BCUT2D eigenvalue weighted by Crippen LogP contribution is 2.36. The molecule has 1 heterocycles. The maximum absolute atomic E-state index is 12.6. The van der Waals surface area contributed by atoms with Gasteiger partial charge in [-0.1, -0.05) is 20.3 Å². The number of nitrogens with zero attached hydrogens (tertiary/aromatic N) is 1. The average molecular weight is 284 g/mol. The first-order valence-electron chi connectivity index (χ1n) is 7.27. The monoisotopic (exact) mass is 284 g/mol. The van der Waals surface area contributed by atoms with Crippen LogP contribution in [0.5, 0.6) is 0 Å². The Kier molecular flexibility index (Phi) is 4.43. The summed E-state index contributed by atoms with van der Waals surface area (Å²) < 4.78 is 0. The van der Waals surface area contributed by atoms with Crippen molar-refractivity contribution in [3.8, 4) is 0 Å². The molecule has 1 N–H and O–H groups in total. The number of amides is 3. The molecule has 0 aromatic carbocycles. The van der Waals surface area contributed by atoms with E-state index in [-0.39, 0.29) is 17.9 Å². The molecule has 4 nitrogen and oxygen atoms in total. The first kappa shape index (κ1) is 14.7. The number of carbonyl (C=O) groups is 2. The molecule has 1 aliphatic heterocycles. The third-order valence-corrected chi connectivity index (χ3v) is 5.17. The highest BCUT2D eigenvalue weighted by molar-refractivity contribution is 7.80. The Hall–Kier alpha value is -0.710. The van der Waals surface area contributed by atoms with Gasteiger partial charge in [0.15, 0.2) is 0 Å². The van der Waals surface area contributed by atoms with Gasteiger partial charge in [-0.25, -0.2) is 4.79 Å². The molecule has 0 bridgehead atoms. The summed E-state index contributed by atoms with van der Waals surface area (Å²) >= 11 is 4.29. The van der Waals surface area contributed by atoms with Gasteiger partial charge in [0.2, 0.25) is 0 Å². The number of nitrogens with one attached hydrogen (secondary N) is 1. The highest BCUT2D eigenvalue weighted by Gasteiger charge is 2.52. The molecular formula is C14H24N2O2S. The Labute approximate surface area is 120 Å². The number of rotatable bonds is 4.